The Morgan fingerprint density at radius 2 is 1.71 bits per heavy atom. The number of phenols is 1. The zero-order valence-corrected chi connectivity index (χ0v) is 12.7. The number of aromatic hydroxyl groups is 1. The monoisotopic (exact) mass is 299 g/mol. The molecule has 0 amide bonds. The molecule has 2 rings (SSSR count). The Kier molecular flexibility index (Phi) is 4.90. The van der Waals surface area contributed by atoms with Crippen LogP contribution in [-0.4, -0.2) is 16.4 Å². The molecule has 0 aliphatic heterocycles. The standard InChI is InChI=1S/C16H17N3OS/c1-11-4-3-5-12(2)15(11)18-16(21)19-17-10-13-6-8-14(20)9-7-13/h3-10,20H,1-2H3,(H2,18,19,21)/b17-10+. The van der Waals surface area contributed by atoms with E-state index in [1.165, 1.54) is 0 Å². The van der Waals surface area contributed by atoms with Gasteiger partial charge < -0.3 is 10.4 Å². The van der Waals surface area contributed by atoms with Crippen LogP contribution in [0.1, 0.15) is 16.7 Å². The van der Waals surface area contributed by atoms with Crippen molar-refractivity contribution in [3.8, 4) is 5.75 Å². The van der Waals surface area contributed by atoms with E-state index in [1.807, 2.05) is 32.0 Å². The van der Waals surface area contributed by atoms with Crippen molar-refractivity contribution in [3.63, 3.8) is 0 Å². The van der Waals surface area contributed by atoms with Crippen molar-refractivity contribution >= 4 is 29.2 Å². The molecule has 3 N–H and O–H groups in total. The average Bonchev–Trinajstić information content (AvgIpc) is 2.45. The van der Waals surface area contributed by atoms with Crippen LogP contribution in [0, 0.1) is 13.8 Å². The predicted octanol–water partition coefficient (Wildman–Crippen LogP) is 3.33. The van der Waals surface area contributed by atoms with E-state index in [1.54, 1.807) is 30.5 Å². The van der Waals surface area contributed by atoms with Crippen LogP contribution in [0.5, 0.6) is 5.75 Å². The summed E-state index contributed by atoms with van der Waals surface area (Å²) in [5.41, 5.74) is 6.89. The molecule has 0 aromatic heterocycles. The Balaban J connectivity index is 1.95. The molecule has 0 heterocycles. The first-order valence-electron chi connectivity index (χ1n) is 6.51. The van der Waals surface area contributed by atoms with Crippen LogP contribution in [-0.2, 0) is 0 Å². The third-order valence-electron chi connectivity index (χ3n) is 2.99. The Hall–Kier alpha value is -2.40. The minimum atomic E-state index is 0.229. The SMILES string of the molecule is Cc1cccc(C)c1NC(=S)N/N=C/c1ccc(O)cc1. The second-order valence-corrected chi connectivity index (χ2v) is 5.09. The summed E-state index contributed by atoms with van der Waals surface area (Å²) < 4.78 is 0. The first-order valence-corrected chi connectivity index (χ1v) is 6.92. The van der Waals surface area contributed by atoms with E-state index in [9.17, 15) is 5.11 Å². The van der Waals surface area contributed by atoms with Crippen LogP contribution in [0.15, 0.2) is 47.6 Å². The molecule has 0 spiro atoms. The number of para-hydroxylation sites is 1. The summed E-state index contributed by atoms with van der Waals surface area (Å²) in [5.74, 6) is 0.229. The van der Waals surface area contributed by atoms with Gasteiger partial charge >= 0.3 is 0 Å². The van der Waals surface area contributed by atoms with Gasteiger partial charge in [-0.05, 0) is 67.0 Å². The molecule has 0 saturated carbocycles. The lowest BCUT2D eigenvalue weighted by molar-refractivity contribution is 0.475. The van der Waals surface area contributed by atoms with Gasteiger partial charge in [-0.25, -0.2) is 0 Å². The molecule has 0 aliphatic rings. The Morgan fingerprint density at radius 3 is 2.33 bits per heavy atom. The number of benzene rings is 2. The van der Waals surface area contributed by atoms with Crippen molar-refractivity contribution in [1.29, 1.82) is 0 Å². The van der Waals surface area contributed by atoms with E-state index in [0.717, 1.165) is 22.4 Å². The minimum Gasteiger partial charge on any atom is -0.508 e. The van der Waals surface area contributed by atoms with E-state index < -0.39 is 0 Å². The molecule has 4 nitrogen and oxygen atoms in total. The number of phenolic OH excluding ortho intramolecular Hbond substituents is 1. The topological polar surface area (TPSA) is 56.7 Å². The molecule has 0 bridgehead atoms. The van der Waals surface area contributed by atoms with Gasteiger partial charge in [0.15, 0.2) is 5.11 Å². The second-order valence-electron chi connectivity index (χ2n) is 4.68. The van der Waals surface area contributed by atoms with Gasteiger partial charge in [0, 0.05) is 5.69 Å². The fraction of sp³-hybridized carbons (Fsp3) is 0.125. The summed E-state index contributed by atoms with van der Waals surface area (Å²) in [7, 11) is 0. The van der Waals surface area contributed by atoms with Crippen LogP contribution < -0.4 is 10.7 Å². The maximum atomic E-state index is 9.20. The van der Waals surface area contributed by atoms with Gasteiger partial charge in [0.05, 0.1) is 6.21 Å². The van der Waals surface area contributed by atoms with E-state index in [2.05, 4.69) is 15.8 Å². The first-order chi connectivity index (χ1) is 10.1. The number of rotatable bonds is 3. The molecule has 0 saturated heterocycles. The fourth-order valence-electron chi connectivity index (χ4n) is 1.88. The maximum Gasteiger partial charge on any atom is 0.191 e. The smallest absolute Gasteiger partial charge is 0.191 e. The highest BCUT2D eigenvalue weighted by molar-refractivity contribution is 7.80. The normalized spacial score (nSPS) is 10.6. The molecule has 0 atom stereocenters. The molecule has 2 aromatic rings. The van der Waals surface area contributed by atoms with Gasteiger partial charge in [0.1, 0.15) is 5.75 Å². The lowest BCUT2D eigenvalue weighted by Gasteiger charge is -2.12. The summed E-state index contributed by atoms with van der Waals surface area (Å²) in [6.45, 7) is 4.05. The van der Waals surface area contributed by atoms with Crippen molar-refractivity contribution in [1.82, 2.24) is 5.43 Å². The molecule has 0 unspecified atom stereocenters. The highest BCUT2D eigenvalue weighted by Gasteiger charge is 2.03. The van der Waals surface area contributed by atoms with Crippen LogP contribution in [0.2, 0.25) is 0 Å². The van der Waals surface area contributed by atoms with Gasteiger partial charge in [-0.15, -0.1) is 0 Å². The molecular formula is C16H17N3OS. The number of hydrazone groups is 1. The van der Waals surface area contributed by atoms with E-state index in [4.69, 9.17) is 12.2 Å². The maximum absolute atomic E-state index is 9.20. The summed E-state index contributed by atoms with van der Waals surface area (Å²) in [6.07, 6.45) is 1.64. The van der Waals surface area contributed by atoms with Crippen LogP contribution in [0.3, 0.4) is 0 Å². The summed E-state index contributed by atoms with van der Waals surface area (Å²) in [6, 6.07) is 12.8. The Morgan fingerprint density at radius 1 is 1.10 bits per heavy atom. The highest BCUT2D eigenvalue weighted by Crippen LogP contribution is 2.19. The predicted molar refractivity (Wildman–Crippen MR) is 91.0 cm³/mol. The van der Waals surface area contributed by atoms with Gasteiger partial charge in [-0.2, -0.15) is 5.10 Å². The summed E-state index contributed by atoms with van der Waals surface area (Å²) >= 11 is 5.22. The molecule has 0 radical (unpaired) electrons. The van der Waals surface area contributed by atoms with Crippen LogP contribution >= 0.6 is 12.2 Å². The van der Waals surface area contributed by atoms with Crippen LogP contribution in [0.4, 0.5) is 5.69 Å². The summed E-state index contributed by atoms with van der Waals surface area (Å²) in [5, 5.41) is 16.8. The third-order valence-corrected chi connectivity index (χ3v) is 3.19. The number of nitrogens with zero attached hydrogens (tertiary/aromatic N) is 1. The van der Waals surface area contributed by atoms with Crippen molar-refractivity contribution in [3.05, 3.63) is 59.2 Å². The molecule has 0 aliphatic carbocycles. The molecule has 21 heavy (non-hydrogen) atoms. The molecule has 2 aromatic carbocycles. The number of anilines is 1. The Bertz CT molecular complexity index is 645. The number of hydrogen-bond acceptors (Lipinski definition) is 3. The minimum absolute atomic E-state index is 0.229. The largest absolute Gasteiger partial charge is 0.508 e. The molecular weight excluding hydrogens is 282 g/mol. The van der Waals surface area contributed by atoms with E-state index >= 15 is 0 Å². The number of hydrogen-bond donors (Lipinski definition) is 3. The second kappa shape index (κ2) is 6.85. The first kappa shape index (κ1) is 15.0. The molecule has 5 heteroatoms. The molecule has 0 fully saturated rings. The van der Waals surface area contributed by atoms with Crippen LogP contribution in [0.25, 0.3) is 0 Å². The zero-order chi connectivity index (χ0) is 15.2. The third kappa shape index (κ3) is 4.29. The zero-order valence-electron chi connectivity index (χ0n) is 11.9. The Labute approximate surface area is 129 Å². The van der Waals surface area contributed by atoms with E-state index in [-0.39, 0.29) is 5.75 Å². The summed E-state index contributed by atoms with van der Waals surface area (Å²) in [4.78, 5) is 0. The molecule has 108 valence electrons. The lowest BCUT2D eigenvalue weighted by atomic mass is 10.1. The van der Waals surface area contributed by atoms with Crippen molar-refractivity contribution in [2.24, 2.45) is 5.10 Å². The van der Waals surface area contributed by atoms with Gasteiger partial charge in [-0.1, -0.05) is 18.2 Å². The number of aryl methyl sites for hydroxylation is 2. The van der Waals surface area contributed by atoms with E-state index in [0.29, 0.717) is 5.11 Å². The highest BCUT2D eigenvalue weighted by atomic mass is 32.1. The fourth-order valence-corrected chi connectivity index (χ4v) is 2.03. The quantitative estimate of drug-likeness (QED) is 0.462. The van der Waals surface area contributed by atoms with Gasteiger partial charge in [-0.3, -0.25) is 5.43 Å². The average molecular weight is 299 g/mol. The number of nitrogens with one attached hydrogen (secondary N) is 2. The van der Waals surface area contributed by atoms with Crippen molar-refractivity contribution in [2.75, 3.05) is 5.32 Å². The lowest BCUT2D eigenvalue weighted by Crippen LogP contribution is -2.24. The van der Waals surface area contributed by atoms with Crippen molar-refractivity contribution in [2.45, 2.75) is 13.8 Å². The van der Waals surface area contributed by atoms with Gasteiger partial charge in [0.2, 0.25) is 0 Å². The van der Waals surface area contributed by atoms with Crippen molar-refractivity contribution < 1.29 is 5.11 Å². The van der Waals surface area contributed by atoms with Gasteiger partial charge in [0.25, 0.3) is 0 Å². The number of thiocarbonyl (C=S) groups is 1.